The van der Waals surface area contributed by atoms with Crippen molar-refractivity contribution in [3.05, 3.63) is 40.7 Å². The molecule has 23 heavy (non-hydrogen) atoms. The average molecular weight is 331 g/mol. The van der Waals surface area contributed by atoms with Crippen LogP contribution in [0.4, 0.5) is 13.2 Å². The minimum Gasteiger partial charge on any atom is -0.506 e. The van der Waals surface area contributed by atoms with Crippen molar-refractivity contribution in [3.63, 3.8) is 0 Å². The molecule has 0 spiro atoms. The lowest BCUT2D eigenvalue weighted by Crippen LogP contribution is -2.14. The first-order chi connectivity index (χ1) is 10.8. The Hall–Kier alpha value is -2.35. The van der Waals surface area contributed by atoms with Gasteiger partial charge in [-0.2, -0.15) is 0 Å². The van der Waals surface area contributed by atoms with E-state index in [-0.39, 0.29) is 13.2 Å². The average Bonchev–Trinajstić information content (AvgIpc) is 2.52. The van der Waals surface area contributed by atoms with E-state index in [4.69, 9.17) is 9.84 Å². The number of nitrogens with zero attached hydrogens (tertiary/aromatic N) is 1. The van der Waals surface area contributed by atoms with Crippen molar-refractivity contribution in [3.8, 4) is 0 Å². The van der Waals surface area contributed by atoms with Gasteiger partial charge >= 0.3 is 5.97 Å². The Kier molecular flexibility index (Phi) is 6.77. The van der Waals surface area contributed by atoms with Crippen LogP contribution in [0.2, 0.25) is 0 Å². The molecule has 0 aliphatic rings. The number of aliphatic imine (C=N–C) groups is 1. The first-order valence-electron chi connectivity index (χ1n) is 6.71. The molecule has 0 aromatic heterocycles. The van der Waals surface area contributed by atoms with Crippen LogP contribution in [-0.4, -0.2) is 41.7 Å². The summed E-state index contributed by atoms with van der Waals surface area (Å²) in [6, 6.07) is 0.799. The molecule has 2 N–H and O–H groups in total. The molecule has 0 bridgehead atoms. The summed E-state index contributed by atoms with van der Waals surface area (Å²) in [4.78, 5) is 15.6. The fourth-order valence-electron chi connectivity index (χ4n) is 1.52. The third-order valence-electron chi connectivity index (χ3n) is 2.76. The molecule has 8 heteroatoms. The van der Waals surface area contributed by atoms with Crippen molar-refractivity contribution in [2.75, 3.05) is 13.2 Å². The zero-order chi connectivity index (χ0) is 17.6. The number of benzene rings is 1. The number of esters is 1. The third-order valence-corrected chi connectivity index (χ3v) is 2.76. The second-order valence-corrected chi connectivity index (χ2v) is 4.52. The highest BCUT2D eigenvalue weighted by Crippen LogP contribution is 2.23. The Morgan fingerprint density at radius 3 is 2.57 bits per heavy atom. The van der Waals surface area contributed by atoms with Gasteiger partial charge in [-0.05, 0) is 26.0 Å². The zero-order valence-corrected chi connectivity index (χ0v) is 12.5. The summed E-state index contributed by atoms with van der Waals surface area (Å²) in [7, 11) is 0. The number of carbonyl (C=O) groups excluding carboxylic acids is 1. The highest BCUT2D eigenvalue weighted by atomic mass is 19.2. The number of rotatable bonds is 6. The Labute approximate surface area is 130 Å². The van der Waals surface area contributed by atoms with Crippen molar-refractivity contribution in [2.24, 2.45) is 4.99 Å². The zero-order valence-electron chi connectivity index (χ0n) is 12.5. The lowest BCUT2D eigenvalue weighted by molar-refractivity contribution is -0.137. The van der Waals surface area contributed by atoms with E-state index in [0.29, 0.717) is 6.07 Å². The SMILES string of the molecule is CCOC(=O)C(C=N[C@@H](C)CO)=C(O)c1ccc(F)c(F)c1F. The quantitative estimate of drug-likeness (QED) is 0.276. The maximum atomic E-state index is 13.7. The minimum absolute atomic E-state index is 0.0285. The summed E-state index contributed by atoms with van der Waals surface area (Å²) in [5, 5.41) is 19.0. The summed E-state index contributed by atoms with van der Waals surface area (Å²) < 4.78 is 44.7. The number of ether oxygens (including phenoxy) is 1. The van der Waals surface area contributed by atoms with Crippen LogP contribution in [0.25, 0.3) is 5.76 Å². The molecule has 0 heterocycles. The second-order valence-electron chi connectivity index (χ2n) is 4.52. The van der Waals surface area contributed by atoms with Crippen molar-refractivity contribution in [2.45, 2.75) is 19.9 Å². The fraction of sp³-hybridized carbons (Fsp3) is 0.333. The highest BCUT2D eigenvalue weighted by Gasteiger charge is 2.22. The van der Waals surface area contributed by atoms with E-state index in [2.05, 4.69) is 4.99 Å². The van der Waals surface area contributed by atoms with Crippen LogP contribution in [-0.2, 0) is 9.53 Å². The van der Waals surface area contributed by atoms with Gasteiger partial charge in [-0.1, -0.05) is 0 Å². The van der Waals surface area contributed by atoms with Crippen molar-refractivity contribution in [1.29, 1.82) is 0 Å². The standard InChI is InChI=1S/C15H16F3NO4/c1-3-23-15(22)10(6-19-8(2)7-20)14(21)9-4-5-11(16)13(18)12(9)17/h4-6,8,20-21H,3,7H2,1-2H3/t8-/m0/s1. The predicted octanol–water partition coefficient (Wildman–Crippen LogP) is 2.39. The maximum absolute atomic E-state index is 13.7. The topological polar surface area (TPSA) is 79.1 Å². The van der Waals surface area contributed by atoms with E-state index >= 15 is 0 Å². The Morgan fingerprint density at radius 1 is 1.35 bits per heavy atom. The first kappa shape index (κ1) is 18.7. The Balaban J connectivity index is 3.42. The van der Waals surface area contributed by atoms with E-state index in [9.17, 15) is 23.1 Å². The molecule has 1 aromatic carbocycles. The molecule has 5 nitrogen and oxygen atoms in total. The Bertz CT molecular complexity index is 644. The minimum atomic E-state index is -1.78. The largest absolute Gasteiger partial charge is 0.506 e. The summed E-state index contributed by atoms with van der Waals surface area (Å²) in [5.41, 5.74) is -1.26. The van der Waals surface area contributed by atoms with Gasteiger partial charge in [-0.3, -0.25) is 4.99 Å². The monoisotopic (exact) mass is 331 g/mol. The van der Waals surface area contributed by atoms with Crippen molar-refractivity contribution >= 4 is 17.9 Å². The molecule has 0 radical (unpaired) electrons. The molecule has 0 saturated carbocycles. The maximum Gasteiger partial charge on any atom is 0.343 e. The number of aliphatic hydroxyl groups is 2. The molecule has 1 rings (SSSR count). The first-order valence-corrected chi connectivity index (χ1v) is 6.71. The molecular formula is C15H16F3NO4. The van der Waals surface area contributed by atoms with Crippen molar-refractivity contribution < 1.29 is 32.9 Å². The van der Waals surface area contributed by atoms with Gasteiger partial charge in [-0.25, -0.2) is 18.0 Å². The summed E-state index contributed by atoms with van der Waals surface area (Å²) >= 11 is 0. The molecule has 1 aromatic rings. The highest BCUT2D eigenvalue weighted by molar-refractivity contribution is 6.15. The third kappa shape index (κ3) is 4.56. The van der Waals surface area contributed by atoms with Crippen LogP contribution in [0.15, 0.2) is 22.7 Å². The molecular weight excluding hydrogens is 315 g/mol. The normalized spacial score (nSPS) is 13.8. The van der Waals surface area contributed by atoms with E-state index in [0.717, 1.165) is 12.3 Å². The number of hydrogen-bond donors (Lipinski definition) is 2. The van der Waals surface area contributed by atoms with E-state index in [1.807, 2.05) is 0 Å². The number of halogens is 3. The van der Waals surface area contributed by atoms with Gasteiger partial charge in [0.15, 0.2) is 17.5 Å². The summed E-state index contributed by atoms with van der Waals surface area (Å²) in [6.45, 7) is 2.68. The molecule has 0 unspecified atom stereocenters. The van der Waals surface area contributed by atoms with E-state index in [1.165, 1.54) is 13.8 Å². The molecule has 0 amide bonds. The van der Waals surface area contributed by atoms with Crippen LogP contribution >= 0.6 is 0 Å². The molecule has 126 valence electrons. The van der Waals surface area contributed by atoms with Gasteiger partial charge in [-0.15, -0.1) is 0 Å². The molecule has 0 fully saturated rings. The van der Waals surface area contributed by atoms with Crippen LogP contribution in [0, 0.1) is 17.5 Å². The second kappa shape index (κ2) is 8.33. The summed E-state index contributed by atoms with van der Waals surface area (Å²) in [6.07, 6.45) is 0.884. The lowest BCUT2D eigenvalue weighted by atomic mass is 10.1. The van der Waals surface area contributed by atoms with Crippen LogP contribution < -0.4 is 0 Å². The fourth-order valence-corrected chi connectivity index (χ4v) is 1.52. The number of hydrogen-bond acceptors (Lipinski definition) is 5. The molecule has 0 aliphatic carbocycles. The van der Waals surface area contributed by atoms with Crippen LogP contribution in [0.1, 0.15) is 19.4 Å². The summed E-state index contributed by atoms with van der Waals surface area (Å²) in [5.74, 6) is -6.83. The van der Waals surface area contributed by atoms with Crippen molar-refractivity contribution in [1.82, 2.24) is 0 Å². The number of carbonyl (C=O) groups is 1. The van der Waals surface area contributed by atoms with E-state index < -0.39 is 46.4 Å². The van der Waals surface area contributed by atoms with Gasteiger partial charge < -0.3 is 14.9 Å². The molecule has 0 aliphatic heterocycles. The van der Waals surface area contributed by atoms with Gasteiger partial charge in [0.25, 0.3) is 0 Å². The lowest BCUT2D eigenvalue weighted by Gasteiger charge is -2.09. The van der Waals surface area contributed by atoms with Gasteiger partial charge in [0, 0.05) is 6.21 Å². The van der Waals surface area contributed by atoms with Crippen LogP contribution in [0.3, 0.4) is 0 Å². The van der Waals surface area contributed by atoms with E-state index in [1.54, 1.807) is 0 Å². The smallest absolute Gasteiger partial charge is 0.343 e. The van der Waals surface area contributed by atoms with Crippen LogP contribution in [0.5, 0.6) is 0 Å². The number of aliphatic hydroxyl groups excluding tert-OH is 2. The van der Waals surface area contributed by atoms with Gasteiger partial charge in [0.1, 0.15) is 11.3 Å². The van der Waals surface area contributed by atoms with Gasteiger partial charge in [0.05, 0.1) is 24.8 Å². The van der Waals surface area contributed by atoms with Gasteiger partial charge in [0.2, 0.25) is 0 Å². The molecule has 0 saturated heterocycles. The molecule has 1 atom stereocenters. The Morgan fingerprint density at radius 2 is 2.00 bits per heavy atom. The predicted molar refractivity (Wildman–Crippen MR) is 77.5 cm³/mol.